The molecule has 1 amide bonds. The van der Waals surface area contributed by atoms with Crippen molar-refractivity contribution in [3.8, 4) is 0 Å². The molecular formula is C12H13Cl2N3O4. The molecule has 2 rings (SSSR count). The van der Waals surface area contributed by atoms with Crippen molar-refractivity contribution in [2.75, 3.05) is 26.2 Å². The fourth-order valence-corrected chi connectivity index (χ4v) is 2.31. The smallest absolute Gasteiger partial charge is 0.271 e. The summed E-state index contributed by atoms with van der Waals surface area (Å²) in [7, 11) is 0. The number of nitrogens with zero attached hydrogens (tertiary/aromatic N) is 1. The summed E-state index contributed by atoms with van der Waals surface area (Å²) in [5.74, 6) is -0.528. The standard InChI is InChI=1S/C12H13Cl2N3O4/c13-10-4-7(17(19)20)3-9(11(10)14)12(18)16-6-8-5-15-1-2-21-8/h3-4,8,15H,1-2,5-6H2,(H,16,18). The molecule has 1 atom stereocenters. The van der Waals surface area contributed by atoms with Gasteiger partial charge in [-0.15, -0.1) is 0 Å². The van der Waals surface area contributed by atoms with Crippen LogP contribution in [0.15, 0.2) is 12.1 Å². The van der Waals surface area contributed by atoms with Gasteiger partial charge in [0, 0.05) is 31.8 Å². The van der Waals surface area contributed by atoms with E-state index in [1.807, 2.05) is 0 Å². The van der Waals surface area contributed by atoms with E-state index in [0.717, 1.165) is 18.7 Å². The average Bonchev–Trinajstić information content (AvgIpc) is 2.48. The second-order valence-corrected chi connectivity index (χ2v) is 5.24. The zero-order valence-corrected chi connectivity index (χ0v) is 12.4. The molecule has 0 radical (unpaired) electrons. The van der Waals surface area contributed by atoms with E-state index < -0.39 is 10.8 Å². The van der Waals surface area contributed by atoms with Crippen LogP contribution in [0.5, 0.6) is 0 Å². The van der Waals surface area contributed by atoms with Gasteiger partial charge in [0.1, 0.15) is 0 Å². The molecule has 1 unspecified atom stereocenters. The van der Waals surface area contributed by atoms with Gasteiger partial charge >= 0.3 is 0 Å². The van der Waals surface area contributed by atoms with Gasteiger partial charge in [-0.3, -0.25) is 14.9 Å². The number of non-ortho nitro benzene ring substituents is 1. The number of nitrogens with one attached hydrogen (secondary N) is 2. The van der Waals surface area contributed by atoms with E-state index in [9.17, 15) is 14.9 Å². The number of carbonyl (C=O) groups is 1. The first kappa shape index (κ1) is 16.0. The minimum Gasteiger partial charge on any atom is -0.374 e. The molecule has 2 N–H and O–H groups in total. The second-order valence-electron chi connectivity index (χ2n) is 4.45. The third kappa shape index (κ3) is 4.04. The number of halogens is 2. The summed E-state index contributed by atoms with van der Waals surface area (Å²) in [6.45, 7) is 2.26. The first-order valence-corrected chi connectivity index (χ1v) is 6.98. The maximum absolute atomic E-state index is 12.1. The number of hydrogen-bond donors (Lipinski definition) is 2. The van der Waals surface area contributed by atoms with Gasteiger partial charge in [-0.1, -0.05) is 23.2 Å². The van der Waals surface area contributed by atoms with Crippen LogP contribution >= 0.6 is 23.2 Å². The molecule has 9 heteroatoms. The summed E-state index contributed by atoms with van der Waals surface area (Å²) in [4.78, 5) is 22.2. The molecule has 1 aliphatic heterocycles. The number of benzene rings is 1. The first-order valence-electron chi connectivity index (χ1n) is 6.23. The van der Waals surface area contributed by atoms with Gasteiger partial charge in [-0.2, -0.15) is 0 Å². The maximum Gasteiger partial charge on any atom is 0.271 e. The van der Waals surface area contributed by atoms with Gasteiger partial charge in [0.25, 0.3) is 11.6 Å². The van der Waals surface area contributed by atoms with Crippen LogP contribution in [0, 0.1) is 10.1 Å². The van der Waals surface area contributed by atoms with Gasteiger partial charge in [0.2, 0.25) is 0 Å². The quantitative estimate of drug-likeness (QED) is 0.645. The molecule has 1 heterocycles. The van der Waals surface area contributed by atoms with E-state index in [0.29, 0.717) is 13.2 Å². The minimum absolute atomic E-state index is 0.0116. The predicted molar refractivity (Wildman–Crippen MR) is 78.1 cm³/mol. The summed E-state index contributed by atoms with van der Waals surface area (Å²) in [5.41, 5.74) is -0.315. The number of morpholine rings is 1. The van der Waals surface area contributed by atoms with Crippen LogP contribution in [0.3, 0.4) is 0 Å². The lowest BCUT2D eigenvalue weighted by molar-refractivity contribution is -0.384. The summed E-state index contributed by atoms with van der Waals surface area (Å²) in [6, 6.07) is 2.21. The van der Waals surface area contributed by atoms with Crippen molar-refractivity contribution in [1.82, 2.24) is 10.6 Å². The van der Waals surface area contributed by atoms with Crippen LogP contribution in [0.1, 0.15) is 10.4 Å². The zero-order valence-electron chi connectivity index (χ0n) is 10.9. The van der Waals surface area contributed by atoms with Gasteiger partial charge in [-0.05, 0) is 0 Å². The van der Waals surface area contributed by atoms with Crippen molar-refractivity contribution in [1.29, 1.82) is 0 Å². The molecular weight excluding hydrogens is 321 g/mol. The lowest BCUT2D eigenvalue weighted by atomic mass is 10.2. The lowest BCUT2D eigenvalue weighted by Gasteiger charge is -2.23. The number of nitro benzene ring substituents is 1. The molecule has 1 aliphatic rings. The maximum atomic E-state index is 12.1. The Morgan fingerprint density at radius 1 is 1.52 bits per heavy atom. The normalized spacial score (nSPS) is 18.3. The number of carbonyl (C=O) groups excluding carboxylic acids is 1. The predicted octanol–water partition coefficient (Wildman–Crippen LogP) is 1.62. The summed E-state index contributed by atoms with van der Waals surface area (Å²) in [5, 5.41) is 16.5. The highest BCUT2D eigenvalue weighted by molar-refractivity contribution is 6.44. The molecule has 7 nitrogen and oxygen atoms in total. The van der Waals surface area contributed by atoms with Gasteiger partial charge in [-0.25, -0.2) is 0 Å². The molecule has 1 fully saturated rings. The number of ether oxygens (including phenoxy) is 1. The Morgan fingerprint density at radius 3 is 2.90 bits per heavy atom. The van der Waals surface area contributed by atoms with Gasteiger partial charge in [0.05, 0.1) is 33.2 Å². The highest BCUT2D eigenvalue weighted by Gasteiger charge is 2.21. The molecule has 0 aromatic heterocycles. The van der Waals surface area contributed by atoms with Crippen molar-refractivity contribution in [2.45, 2.75) is 6.10 Å². The van der Waals surface area contributed by atoms with Crippen molar-refractivity contribution in [2.24, 2.45) is 0 Å². The Labute approximate surface area is 130 Å². The van der Waals surface area contributed by atoms with E-state index in [4.69, 9.17) is 27.9 Å². The Bertz CT molecular complexity index is 562. The molecule has 1 saturated heterocycles. The fourth-order valence-electron chi connectivity index (χ4n) is 1.90. The summed E-state index contributed by atoms with van der Waals surface area (Å²) < 4.78 is 5.44. The molecule has 0 saturated carbocycles. The van der Waals surface area contributed by atoms with Crippen molar-refractivity contribution >= 4 is 34.8 Å². The molecule has 0 spiro atoms. The number of nitro groups is 1. The highest BCUT2D eigenvalue weighted by Crippen LogP contribution is 2.30. The van der Waals surface area contributed by atoms with Crippen LogP contribution in [0.4, 0.5) is 5.69 Å². The zero-order chi connectivity index (χ0) is 15.4. The van der Waals surface area contributed by atoms with Crippen LogP contribution in [0.2, 0.25) is 10.0 Å². The molecule has 0 aliphatic carbocycles. The highest BCUT2D eigenvalue weighted by atomic mass is 35.5. The first-order chi connectivity index (χ1) is 9.99. The van der Waals surface area contributed by atoms with Crippen molar-refractivity contribution < 1.29 is 14.5 Å². The average molecular weight is 334 g/mol. The Kier molecular flexibility index (Phi) is 5.35. The third-order valence-corrected chi connectivity index (χ3v) is 3.77. The number of rotatable bonds is 4. The van der Waals surface area contributed by atoms with Crippen LogP contribution in [-0.2, 0) is 4.74 Å². The molecule has 21 heavy (non-hydrogen) atoms. The van der Waals surface area contributed by atoms with Crippen molar-refractivity contribution in [3.63, 3.8) is 0 Å². The number of hydrogen-bond acceptors (Lipinski definition) is 5. The summed E-state index contributed by atoms with van der Waals surface area (Å²) >= 11 is 11.7. The third-order valence-electron chi connectivity index (χ3n) is 2.96. The van der Waals surface area contributed by atoms with E-state index in [2.05, 4.69) is 10.6 Å². The largest absolute Gasteiger partial charge is 0.374 e. The van der Waals surface area contributed by atoms with E-state index in [1.54, 1.807) is 0 Å². The van der Waals surface area contributed by atoms with E-state index in [1.165, 1.54) is 0 Å². The fraction of sp³-hybridized carbons (Fsp3) is 0.417. The minimum atomic E-state index is -0.632. The number of amides is 1. The molecule has 0 bridgehead atoms. The Morgan fingerprint density at radius 2 is 2.29 bits per heavy atom. The Balaban J connectivity index is 2.09. The van der Waals surface area contributed by atoms with E-state index in [-0.39, 0.29) is 33.9 Å². The molecule has 114 valence electrons. The van der Waals surface area contributed by atoms with Crippen LogP contribution in [0.25, 0.3) is 0 Å². The van der Waals surface area contributed by atoms with Gasteiger partial charge in [0.15, 0.2) is 0 Å². The lowest BCUT2D eigenvalue weighted by Crippen LogP contribution is -2.45. The molecule has 1 aromatic carbocycles. The molecule has 1 aromatic rings. The summed E-state index contributed by atoms with van der Waals surface area (Å²) in [6.07, 6.45) is -0.143. The van der Waals surface area contributed by atoms with Crippen molar-refractivity contribution in [3.05, 3.63) is 37.9 Å². The van der Waals surface area contributed by atoms with Crippen LogP contribution < -0.4 is 10.6 Å². The second kappa shape index (κ2) is 7.04. The topological polar surface area (TPSA) is 93.5 Å². The monoisotopic (exact) mass is 333 g/mol. The van der Waals surface area contributed by atoms with Crippen LogP contribution in [-0.4, -0.2) is 43.2 Å². The van der Waals surface area contributed by atoms with Gasteiger partial charge < -0.3 is 15.4 Å². The Hall–Kier alpha value is -1.41. The van der Waals surface area contributed by atoms with E-state index >= 15 is 0 Å². The SMILES string of the molecule is O=C(NCC1CNCCO1)c1cc([N+](=O)[O-])cc(Cl)c1Cl.